The molecule has 0 unspecified atom stereocenters. The number of hydrogen-bond acceptors (Lipinski definition) is 5. The predicted molar refractivity (Wildman–Crippen MR) is 72.9 cm³/mol. The van der Waals surface area contributed by atoms with Crippen molar-refractivity contribution in [3.63, 3.8) is 0 Å². The number of aromatic nitrogens is 1. The van der Waals surface area contributed by atoms with Crippen LogP contribution in [0.2, 0.25) is 0 Å². The zero-order chi connectivity index (χ0) is 14.0. The highest BCUT2D eigenvalue weighted by Gasteiger charge is 2.31. The minimum atomic E-state index is -3.54. The molecule has 0 saturated carbocycles. The SMILES string of the molecule is Cc1nc(S(=O)(=O)N2CCN(C(=O)CCl)CC2)cs1. The van der Waals surface area contributed by atoms with Crippen molar-refractivity contribution in [3.05, 3.63) is 10.4 Å². The van der Waals surface area contributed by atoms with Gasteiger partial charge in [-0.05, 0) is 6.92 Å². The van der Waals surface area contributed by atoms with Gasteiger partial charge in [-0.1, -0.05) is 0 Å². The lowest BCUT2D eigenvalue weighted by Gasteiger charge is -2.33. The normalized spacial score (nSPS) is 17.7. The minimum Gasteiger partial charge on any atom is -0.339 e. The molecule has 0 atom stereocenters. The molecule has 0 aromatic carbocycles. The molecule has 6 nitrogen and oxygen atoms in total. The summed E-state index contributed by atoms with van der Waals surface area (Å²) in [4.78, 5) is 17.0. The average molecular weight is 324 g/mol. The number of thiazole rings is 1. The Balaban J connectivity index is 2.07. The van der Waals surface area contributed by atoms with Crippen molar-refractivity contribution < 1.29 is 13.2 Å². The van der Waals surface area contributed by atoms with E-state index in [4.69, 9.17) is 11.6 Å². The van der Waals surface area contributed by atoms with Gasteiger partial charge in [-0.25, -0.2) is 13.4 Å². The highest BCUT2D eigenvalue weighted by molar-refractivity contribution is 7.89. The third-order valence-electron chi connectivity index (χ3n) is 2.91. The Bertz CT molecular complexity index is 564. The molecule has 0 bridgehead atoms. The summed E-state index contributed by atoms with van der Waals surface area (Å²) in [5.41, 5.74) is 0. The monoisotopic (exact) mass is 323 g/mol. The van der Waals surface area contributed by atoms with Gasteiger partial charge < -0.3 is 4.90 Å². The van der Waals surface area contributed by atoms with Gasteiger partial charge in [0.05, 0.1) is 5.01 Å². The average Bonchev–Trinajstić information content (AvgIpc) is 2.85. The molecule has 106 valence electrons. The molecule has 2 heterocycles. The fourth-order valence-corrected chi connectivity index (χ4v) is 4.35. The predicted octanol–water partition coefficient (Wildman–Crippen LogP) is 0.523. The van der Waals surface area contributed by atoms with Gasteiger partial charge in [0.15, 0.2) is 5.03 Å². The second-order valence-electron chi connectivity index (χ2n) is 4.12. The summed E-state index contributed by atoms with van der Waals surface area (Å²) in [6.07, 6.45) is 0. The van der Waals surface area contributed by atoms with Gasteiger partial charge in [-0.15, -0.1) is 22.9 Å². The Morgan fingerprint density at radius 2 is 2.05 bits per heavy atom. The summed E-state index contributed by atoms with van der Waals surface area (Å²) < 4.78 is 25.9. The number of hydrogen-bond donors (Lipinski definition) is 0. The Morgan fingerprint density at radius 3 is 2.53 bits per heavy atom. The second-order valence-corrected chi connectivity index (χ2v) is 7.34. The number of alkyl halides is 1. The van der Waals surface area contributed by atoms with Crippen LogP contribution in [0.5, 0.6) is 0 Å². The first-order valence-corrected chi connectivity index (χ1v) is 8.56. The first-order valence-electron chi connectivity index (χ1n) is 5.71. The van der Waals surface area contributed by atoms with Crippen LogP contribution in [0, 0.1) is 6.92 Å². The van der Waals surface area contributed by atoms with Crippen molar-refractivity contribution in [3.8, 4) is 0 Å². The number of carbonyl (C=O) groups is 1. The van der Waals surface area contributed by atoms with E-state index in [1.54, 1.807) is 17.2 Å². The standard InChI is InChI=1S/C10H14ClN3O3S2/c1-8-12-9(7-18-8)19(16,17)14-4-2-13(3-5-14)10(15)6-11/h7H,2-6H2,1H3. The molecule has 1 aliphatic heterocycles. The van der Waals surface area contributed by atoms with Crippen LogP contribution in [0.25, 0.3) is 0 Å². The van der Waals surface area contributed by atoms with E-state index in [0.717, 1.165) is 5.01 Å². The minimum absolute atomic E-state index is 0.0714. The number of halogens is 1. The van der Waals surface area contributed by atoms with Gasteiger partial charge in [0, 0.05) is 31.6 Å². The summed E-state index contributed by atoms with van der Waals surface area (Å²) in [6.45, 7) is 3.06. The van der Waals surface area contributed by atoms with Gasteiger partial charge in [0.25, 0.3) is 10.0 Å². The molecular formula is C10H14ClN3O3S2. The van der Waals surface area contributed by atoms with Crippen LogP contribution in [-0.4, -0.2) is 60.6 Å². The summed E-state index contributed by atoms with van der Waals surface area (Å²) in [5.74, 6) is -0.235. The van der Waals surface area contributed by atoms with Gasteiger partial charge in [0.1, 0.15) is 5.88 Å². The van der Waals surface area contributed by atoms with Gasteiger partial charge >= 0.3 is 0 Å². The quantitative estimate of drug-likeness (QED) is 0.761. The van der Waals surface area contributed by atoms with Crippen LogP contribution < -0.4 is 0 Å². The van der Waals surface area contributed by atoms with Gasteiger partial charge in [0.2, 0.25) is 5.91 Å². The largest absolute Gasteiger partial charge is 0.339 e. The van der Waals surface area contributed by atoms with Crippen molar-refractivity contribution in [1.29, 1.82) is 0 Å². The van der Waals surface area contributed by atoms with E-state index in [1.807, 2.05) is 0 Å². The fourth-order valence-electron chi connectivity index (χ4n) is 1.86. The topological polar surface area (TPSA) is 70.6 Å². The van der Waals surface area contributed by atoms with E-state index in [2.05, 4.69) is 4.98 Å². The Kier molecular flexibility index (Phi) is 4.44. The van der Waals surface area contributed by atoms with Crippen molar-refractivity contribution in [2.75, 3.05) is 32.1 Å². The van der Waals surface area contributed by atoms with Crippen molar-refractivity contribution in [1.82, 2.24) is 14.2 Å². The smallest absolute Gasteiger partial charge is 0.261 e. The molecule has 1 saturated heterocycles. The zero-order valence-electron chi connectivity index (χ0n) is 10.4. The maximum absolute atomic E-state index is 12.3. The highest BCUT2D eigenvalue weighted by atomic mass is 35.5. The van der Waals surface area contributed by atoms with E-state index < -0.39 is 10.0 Å². The number of sulfonamides is 1. The van der Waals surface area contributed by atoms with E-state index in [0.29, 0.717) is 13.1 Å². The summed E-state index contributed by atoms with van der Waals surface area (Å²) in [7, 11) is -3.54. The molecule has 9 heteroatoms. The van der Waals surface area contributed by atoms with Crippen LogP contribution in [0.15, 0.2) is 10.4 Å². The molecular weight excluding hydrogens is 310 g/mol. The van der Waals surface area contributed by atoms with Crippen molar-refractivity contribution in [2.45, 2.75) is 11.9 Å². The maximum Gasteiger partial charge on any atom is 0.261 e. The summed E-state index contributed by atoms with van der Waals surface area (Å²) in [6, 6.07) is 0. The Morgan fingerprint density at radius 1 is 1.42 bits per heavy atom. The number of aryl methyl sites for hydroxylation is 1. The molecule has 1 aliphatic rings. The number of piperazine rings is 1. The lowest BCUT2D eigenvalue weighted by Crippen LogP contribution is -2.50. The molecule has 0 N–H and O–H groups in total. The molecule has 0 spiro atoms. The number of amides is 1. The number of rotatable bonds is 3. The molecule has 1 aromatic heterocycles. The Labute approximate surface area is 121 Å². The van der Waals surface area contributed by atoms with E-state index in [9.17, 15) is 13.2 Å². The Hall–Kier alpha value is -0.700. The highest BCUT2D eigenvalue weighted by Crippen LogP contribution is 2.19. The second kappa shape index (κ2) is 5.74. The maximum atomic E-state index is 12.3. The third-order valence-corrected chi connectivity index (χ3v) is 5.84. The van der Waals surface area contributed by atoms with E-state index in [1.165, 1.54) is 15.6 Å². The van der Waals surface area contributed by atoms with Gasteiger partial charge in [-0.3, -0.25) is 4.79 Å². The van der Waals surface area contributed by atoms with E-state index >= 15 is 0 Å². The lowest BCUT2D eigenvalue weighted by molar-refractivity contribution is -0.129. The van der Waals surface area contributed by atoms with Crippen LogP contribution >= 0.6 is 22.9 Å². The lowest BCUT2D eigenvalue weighted by atomic mass is 10.3. The molecule has 1 fully saturated rings. The molecule has 1 amide bonds. The molecule has 19 heavy (non-hydrogen) atoms. The fraction of sp³-hybridized carbons (Fsp3) is 0.600. The first-order chi connectivity index (χ1) is 8.95. The van der Waals surface area contributed by atoms with Crippen LogP contribution in [0.3, 0.4) is 0 Å². The van der Waals surface area contributed by atoms with Gasteiger partial charge in [-0.2, -0.15) is 4.31 Å². The van der Waals surface area contributed by atoms with E-state index in [-0.39, 0.29) is 29.9 Å². The summed E-state index contributed by atoms with van der Waals surface area (Å²) in [5, 5.41) is 2.35. The zero-order valence-corrected chi connectivity index (χ0v) is 12.8. The first kappa shape index (κ1) is 14.7. The third kappa shape index (κ3) is 3.07. The number of nitrogens with zero attached hydrogens (tertiary/aromatic N) is 3. The molecule has 0 aliphatic carbocycles. The molecule has 0 radical (unpaired) electrons. The van der Waals surface area contributed by atoms with Crippen LogP contribution in [0.4, 0.5) is 0 Å². The van der Waals surface area contributed by atoms with Crippen molar-refractivity contribution >= 4 is 38.9 Å². The molecule has 2 rings (SSSR count). The summed E-state index contributed by atoms with van der Waals surface area (Å²) >= 11 is 6.78. The van der Waals surface area contributed by atoms with Crippen LogP contribution in [-0.2, 0) is 14.8 Å². The molecule has 1 aromatic rings. The number of carbonyl (C=O) groups excluding carboxylic acids is 1. The van der Waals surface area contributed by atoms with Crippen LogP contribution in [0.1, 0.15) is 5.01 Å². The van der Waals surface area contributed by atoms with Crippen molar-refractivity contribution in [2.24, 2.45) is 0 Å².